The zero-order chi connectivity index (χ0) is 22.1. The molecule has 12 heteroatoms. The zero-order valence-electron chi connectivity index (χ0n) is 16.0. The molecule has 2 aromatic rings. The van der Waals surface area contributed by atoms with Crippen LogP contribution in [0.4, 0.5) is 8.78 Å². The van der Waals surface area contributed by atoms with Gasteiger partial charge >= 0.3 is 5.92 Å². The summed E-state index contributed by atoms with van der Waals surface area (Å²) in [5, 5.41) is 15.7. The van der Waals surface area contributed by atoms with E-state index in [2.05, 4.69) is 27.2 Å². The summed E-state index contributed by atoms with van der Waals surface area (Å²) < 4.78 is 57.0. The normalized spacial score (nSPS) is 20.4. The van der Waals surface area contributed by atoms with Gasteiger partial charge in [0.2, 0.25) is 5.82 Å². The van der Waals surface area contributed by atoms with E-state index in [1.807, 2.05) is 5.10 Å². The van der Waals surface area contributed by atoms with Crippen molar-refractivity contribution in [2.24, 2.45) is 5.10 Å². The quantitative estimate of drug-likeness (QED) is 0.762. The number of aryl methyl sites for hydroxylation is 1. The third-order valence-corrected chi connectivity index (χ3v) is 6.63. The Morgan fingerprint density at radius 1 is 1.27 bits per heavy atom. The van der Waals surface area contributed by atoms with Gasteiger partial charge in [0.05, 0.1) is 17.3 Å². The molecule has 0 bridgehead atoms. The van der Waals surface area contributed by atoms with Crippen molar-refractivity contribution in [2.75, 3.05) is 6.54 Å². The number of aromatic nitrogens is 4. The van der Waals surface area contributed by atoms with Gasteiger partial charge in [-0.15, -0.1) is 5.10 Å². The summed E-state index contributed by atoms with van der Waals surface area (Å²) >= 11 is 6.13. The van der Waals surface area contributed by atoms with E-state index in [-0.39, 0.29) is 21.2 Å². The Morgan fingerprint density at radius 2 is 2.00 bits per heavy atom. The van der Waals surface area contributed by atoms with Crippen molar-refractivity contribution in [3.05, 3.63) is 70.6 Å². The lowest BCUT2D eigenvalue weighted by molar-refractivity contribution is 0.0316. The highest BCUT2D eigenvalue weighted by Gasteiger charge is 2.40. The Morgan fingerprint density at radius 3 is 2.63 bits per heavy atom. The maximum atomic E-state index is 14.9. The van der Waals surface area contributed by atoms with Crippen LogP contribution in [0.1, 0.15) is 18.3 Å². The van der Waals surface area contributed by atoms with Crippen molar-refractivity contribution in [1.29, 1.82) is 0 Å². The molecule has 3 rings (SSSR count). The number of rotatable bonds is 4. The second-order valence-electron chi connectivity index (χ2n) is 6.42. The Bertz CT molecular complexity index is 1150. The zero-order valence-corrected chi connectivity index (χ0v) is 17.5. The van der Waals surface area contributed by atoms with Crippen LogP contribution in [0.3, 0.4) is 0 Å². The summed E-state index contributed by atoms with van der Waals surface area (Å²) in [6.07, 6.45) is 3.48. The maximum Gasteiger partial charge on any atom is 0.332 e. The van der Waals surface area contributed by atoms with Gasteiger partial charge in [0.1, 0.15) is 4.90 Å². The minimum Gasteiger partial charge on any atom is -0.237 e. The molecule has 8 nitrogen and oxygen atoms in total. The molecule has 1 aromatic heterocycles. The molecule has 0 atom stereocenters. The molecule has 158 valence electrons. The smallest absolute Gasteiger partial charge is 0.237 e. The first-order chi connectivity index (χ1) is 14.0. The van der Waals surface area contributed by atoms with Crippen LogP contribution in [0.5, 0.6) is 0 Å². The summed E-state index contributed by atoms with van der Waals surface area (Å²) in [5.74, 6) is -4.38. The van der Waals surface area contributed by atoms with E-state index < -0.39 is 33.9 Å². The molecule has 30 heavy (non-hydrogen) atoms. The van der Waals surface area contributed by atoms with Crippen molar-refractivity contribution in [3.63, 3.8) is 0 Å². The lowest BCUT2D eigenvalue weighted by Gasteiger charge is -2.21. The van der Waals surface area contributed by atoms with E-state index in [9.17, 15) is 17.2 Å². The van der Waals surface area contributed by atoms with Crippen molar-refractivity contribution in [3.8, 4) is 0 Å². The summed E-state index contributed by atoms with van der Waals surface area (Å²) in [7, 11) is -4.25. The van der Waals surface area contributed by atoms with Gasteiger partial charge in [0.25, 0.3) is 10.0 Å². The van der Waals surface area contributed by atoms with Crippen LogP contribution < -0.4 is 0 Å². The number of H-pyrrole nitrogens is 1. The topological polar surface area (TPSA) is 104 Å². The maximum absolute atomic E-state index is 14.9. The van der Waals surface area contributed by atoms with Crippen LogP contribution in [0.2, 0.25) is 5.02 Å². The number of sulfonamides is 1. The van der Waals surface area contributed by atoms with Gasteiger partial charge in [-0.05, 0) is 41.5 Å². The van der Waals surface area contributed by atoms with Crippen molar-refractivity contribution >= 4 is 27.3 Å². The van der Waals surface area contributed by atoms with E-state index in [1.54, 1.807) is 19.1 Å². The molecular formula is C18H17ClF2N6O2S. The standard InChI is InChI=1S/C18H17ClF2N6O2S/c1-11-7-8-14(18(20,21)17-22-25-26-23-17)9-10-27(24-13(11)3)30(28,29)16-12(2)5-4-6-15(16)19/h4-9H,1,10H2,2-3H3,(H,22,23,25,26)/b8-7-,14-9+,24-13-. The second kappa shape index (κ2) is 8.07. The van der Waals surface area contributed by atoms with E-state index in [0.717, 1.165) is 12.2 Å². The minimum atomic E-state index is -4.25. The molecule has 1 N–H and O–H groups in total. The van der Waals surface area contributed by atoms with Crippen molar-refractivity contribution in [1.82, 2.24) is 25.0 Å². The number of alkyl halides is 2. The summed E-state index contributed by atoms with van der Waals surface area (Å²) in [6, 6.07) is 4.62. The first-order valence-electron chi connectivity index (χ1n) is 8.58. The highest BCUT2D eigenvalue weighted by Crippen LogP contribution is 2.35. The average Bonchev–Trinajstić information content (AvgIpc) is 3.22. The van der Waals surface area contributed by atoms with Gasteiger partial charge in [-0.2, -0.15) is 26.7 Å². The molecule has 0 amide bonds. The predicted octanol–water partition coefficient (Wildman–Crippen LogP) is 3.37. The van der Waals surface area contributed by atoms with Gasteiger partial charge in [-0.3, -0.25) is 0 Å². The highest BCUT2D eigenvalue weighted by atomic mass is 35.5. The SMILES string of the molecule is C=C1/C=C\C(C(F)(F)c2nnn[nH]2)=C/CN(S(=O)(=O)c2c(C)cccc2Cl)/N=C\1C. The van der Waals surface area contributed by atoms with Crippen LogP contribution in [-0.4, -0.2) is 45.7 Å². The van der Waals surface area contributed by atoms with E-state index in [1.165, 1.54) is 19.1 Å². The van der Waals surface area contributed by atoms with Crippen LogP contribution in [0.25, 0.3) is 0 Å². The number of halogens is 3. The number of benzene rings is 1. The number of aromatic amines is 1. The van der Waals surface area contributed by atoms with Crippen molar-refractivity contribution in [2.45, 2.75) is 24.7 Å². The molecule has 1 aliphatic rings. The van der Waals surface area contributed by atoms with Gasteiger partial charge in [-0.25, -0.2) is 5.10 Å². The van der Waals surface area contributed by atoms with Gasteiger partial charge in [-0.1, -0.05) is 48.5 Å². The number of nitrogens with zero attached hydrogens (tertiary/aromatic N) is 5. The second-order valence-corrected chi connectivity index (χ2v) is 8.61. The molecule has 0 radical (unpaired) electrons. The third kappa shape index (κ3) is 4.03. The Hall–Kier alpha value is -2.92. The fourth-order valence-electron chi connectivity index (χ4n) is 2.69. The van der Waals surface area contributed by atoms with Gasteiger partial charge in [0, 0.05) is 5.57 Å². The van der Waals surface area contributed by atoms with E-state index >= 15 is 0 Å². The van der Waals surface area contributed by atoms with Crippen LogP contribution in [0.15, 0.2) is 64.1 Å². The molecular weight excluding hydrogens is 438 g/mol. The van der Waals surface area contributed by atoms with E-state index in [4.69, 9.17) is 11.6 Å². The number of hydrazone groups is 1. The Balaban J connectivity index is 2.12. The highest BCUT2D eigenvalue weighted by molar-refractivity contribution is 7.89. The van der Waals surface area contributed by atoms with Crippen LogP contribution >= 0.6 is 11.6 Å². The van der Waals surface area contributed by atoms with E-state index in [0.29, 0.717) is 9.98 Å². The largest absolute Gasteiger partial charge is 0.332 e. The third-order valence-electron chi connectivity index (χ3n) is 4.36. The fourth-order valence-corrected chi connectivity index (χ4v) is 4.71. The molecule has 1 aliphatic heterocycles. The average molecular weight is 455 g/mol. The lowest BCUT2D eigenvalue weighted by atomic mass is 10.1. The summed E-state index contributed by atoms with van der Waals surface area (Å²) in [5.41, 5.74) is 0.363. The van der Waals surface area contributed by atoms with Crippen LogP contribution in [0, 0.1) is 6.92 Å². The molecule has 0 unspecified atom stereocenters. The molecule has 0 saturated heterocycles. The molecule has 0 aliphatic carbocycles. The first kappa shape index (κ1) is 21.8. The summed E-state index contributed by atoms with van der Waals surface area (Å²) in [6.45, 7) is 6.39. The van der Waals surface area contributed by atoms with Gasteiger partial charge in [0.15, 0.2) is 0 Å². The number of hydrogen-bond donors (Lipinski definition) is 1. The Labute approximate surface area is 176 Å². The predicted molar refractivity (Wildman–Crippen MR) is 108 cm³/mol. The number of hydrogen-bond acceptors (Lipinski definition) is 6. The Kier molecular flexibility index (Phi) is 5.86. The molecule has 0 saturated carbocycles. The van der Waals surface area contributed by atoms with Crippen LogP contribution in [-0.2, 0) is 15.9 Å². The first-order valence-corrected chi connectivity index (χ1v) is 10.4. The molecule has 0 fully saturated rings. The molecule has 0 spiro atoms. The van der Waals surface area contributed by atoms with Gasteiger partial charge < -0.3 is 0 Å². The monoisotopic (exact) mass is 454 g/mol. The number of tetrazole rings is 1. The number of nitrogens with one attached hydrogen (secondary N) is 1. The molecule has 2 heterocycles. The molecule has 1 aromatic carbocycles. The summed E-state index contributed by atoms with van der Waals surface area (Å²) in [4.78, 5) is -0.151. The van der Waals surface area contributed by atoms with Crippen molar-refractivity contribution < 1.29 is 17.2 Å². The minimum absolute atomic E-state index is 0.00180. The fraction of sp³-hybridized carbons (Fsp3) is 0.222. The number of allylic oxidation sites excluding steroid dienone is 4. The lowest BCUT2D eigenvalue weighted by Crippen LogP contribution is -2.29.